The normalized spacial score (nSPS) is 10.2. The number of urea groups is 1. The van der Waals surface area contributed by atoms with Crippen LogP contribution in [0.1, 0.15) is 5.56 Å². The van der Waals surface area contributed by atoms with E-state index >= 15 is 0 Å². The predicted molar refractivity (Wildman–Crippen MR) is 51.8 cm³/mol. The lowest BCUT2D eigenvalue weighted by Gasteiger charge is -1.93. The summed E-state index contributed by atoms with van der Waals surface area (Å²) in [5.41, 5.74) is 7.71. The molecule has 1 rings (SSSR count). The number of carbonyl (C=O) groups excluding carboxylic acids is 1. The van der Waals surface area contributed by atoms with Crippen LogP contribution in [0.15, 0.2) is 29.4 Å². The Morgan fingerprint density at radius 1 is 1.46 bits per heavy atom. The number of rotatable bonds is 2. The third-order valence-electron chi connectivity index (χ3n) is 1.26. The highest BCUT2D eigenvalue weighted by Gasteiger charge is 1.88. The van der Waals surface area contributed by atoms with Crippen LogP contribution in [0.5, 0.6) is 0 Å². The molecule has 0 atom stereocenters. The average molecular weight is 198 g/mol. The van der Waals surface area contributed by atoms with Gasteiger partial charge in [-0.25, -0.2) is 10.2 Å². The van der Waals surface area contributed by atoms with E-state index in [0.29, 0.717) is 5.02 Å². The van der Waals surface area contributed by atoms with E-state index in [1.165, 1.54) is 6.21 Å². The Balaban J connectivity index is 2.59. The van der Waals surface area contributed by atoms with Crippen molar-refractivity contribution in [1.29, 1.82) is 0 Å². The van der Waals surface area contributed by atoms with Crippen LogP contribution >= 0.6 is 11.6 Å². The lowest BCUT2D eigenvalue weighted by Crippen LogP contribution is -2.24. The molecule has 0 aliphatic heterocycles. The van der Waals surface area contributed by atoms with Crippen molar-refractivity contribution < 1.29 is 4.79 Å². The SMILES string of the molecule is NC(=O)N/N=C/c1ccc(Cl)cc1. The van der Waals surface area contributed by atoms with Gasteiger partial charge in [0.25, 0.3) is 0 Å². The number of hydrogen-bond donors (Lipinski definition) is 2. The van der Waals surface area contributed by atoms with Crippen LogP contribution in [0.3, 0.4) is 0 Å². The standard InChI is InChI=1S/C8H8ClN3O/c9-7-3-1-6(2-4-7)5-11-12-8(10)13/h1-5H,(H3,10,12,13)/b11-5+. The molecule has 0 spiro atoms. The highest BCUT2D eigenvalue weighted by Crippen LogP contribution is 2.07. The number of carbonyl (C=O) groups is 1. The van der Waals surface area contributed by atoms with E-state index in [9.17, 15) is 4.79 Å². The maximum Gasteiger partial charge on any atom is 0.332 e. The van der Waals surface area contributed by atoms with Crippen molar-refractivity contribution in [3.63, 3.8) is 0 Å². The molecular weight excluding hydrogens is 190 g/mol. The fourth-order valence-electron chi connectivity index (χ4n) is 0.719. The fraction of sp³-hybridized carbons (Fsp3) is 0. The second-order valence-corrected chi connectivity index (χ2v) is 2.72. The number of nitrogens with two attached hydrogens (primary N) is 1. The molecule has 0 heterocycles. The molecule has 2 amide bonds. The number of hydrazone groups is 1. The molecule has 0 radical (unpaired) electrons. The van der Waals surface area contributed by atoms with Gasteiger partial charge in [-0.1, -0.05) is 23.7 Å². The van der Waals surface area contributed by atoms with Gasteiger partial charge in [0, 0.05) is 5.02 Å². The Hall–Kier alpha value is -1.55. The molecule has 0 unspecified atom stereocenters. The van der Waals surface area contributed by atoms with Crippen LogP contribution in [0.25, 0.3) is 0 Å². The van der Waals surface area contributed by atoms with Crippen LogP contribution in [0.4, 0.5) is 4.79 Å². The summed E-state index contributed by atoms with van der Waals surface area (Å²) in [5, 5.41) is 4.23. The molecule has 3 N–H and O–H groups in total. The first kappa shape index (κ1) is 9.54. The van der Waals surface area contributed by atoms with Crippen molar-refractivity contribution >= 4 is 23.8 Å². The van der Waals surface area contributed by atoms with Gasteiger partial charge in [0.1, 0.15) is 0 Å². The van der Waals surface area contributed by atoms with Crippen LogP contribution in [0.2, 0.25) is 5.02 Å². The number of halogens is 1. The molecule has 0 aliphatic carbocycles. The highest BCUT2D eigenvalue weighted by atomic mass is 35.5. The number of amides is 2. The summed E-state index contributed by atoms with van der Waals surface area (Å²) in [6.07, 6.45) is 1.47. The summed E-state index contributed by atoms with van der Waals surface area (Å²) in [4.78, 5) is 10.2. The van der Waals surface area contributed by atoms with Gasteiger partial charge >= 0.3 is 6.03 Å². The molecule has 1 aromatic rings. The topological polar surface area (TPSA) is 67.5 Å². The maximum absolute atomic E-state index is 10.2. The summed E-state index contributed by atoms with van der Waals surface area (Å²) >= 11 is 5.66. The zero-order valence-electron chi connectivity index (χ0n) is 6.70. The minimum atomic E-state index is -0.690. The van der Waals surface area contributed by atoms with Gasteiger partial charge in [-0.3, -0.25) is 0 Å². The molecule has 0 aliphatic rings. The second-order valence-electron chi connectivity index (χ2n) is 2.29. The van der Waals surface area contributed by atoms with Crippen molar-refractivity contribution in [3.05, 3.63) is 34.9 Å². The molecule has 0 aromatic heterocycles. The number of hydrogen-bond acceptors (Lipinski definition) is 2. The molecule has 1 aromatic carbocycles. The number of nitrogens with one attached hydrogen (secondary N) is 1. The molecule has 0 saturated carbocycles. The van der Waals surface area contributed by atoms with Gasteiger partial charge in [0.15, 0.2) is 0 Å². The van der Waals surface area contributed by atoms with Crippen molar-refractivity contribution in [2.75, 3.05) is 0 Å². The van der Waals surface area contributed by atoms with Crippen LogP contribution in [0, 0.1) is 0 Å². The van der Waals surface area contributed by atoms with E-state index in [2.05, 4.69) is 10.5 Å². The average Bonchev–Trinajstić information content (AvgIpc) is 2.08. The van der Waals surface area contributed by atoms with E-state index in [-0.39, 0.29) is 0 Å². The first-order chi connectivity index (χ1) is 6.18. The molecule has 0 saturated heterocycles. The second kappa shape index (κ2) is 4.47. The van der Waals surface area contributed by atoms with Gasteiger partial charge in [-0.2, -0.15) is 5.10 Å². The highest BCUT2D eigenvalue weighted by molar-refractivity contribution is 6.30. The number of primary amides is 1. The predicted octanol–water partition coefficient (Wildman–Crippen LogP) is 1.34. The smallest absolute Gasteiger partial charge is 0.332 e. The summed E-state index contributed by atoms with van der Waals surface area (Å²) in [6.45, 7) is 0. The van der Waals surface area contributed by atoms with Crippen molar-refractivity contribution in [2.45, 2.75) is 0 Å². The van der Waals surface area contributed by atoms with Crippen molar-refractivity contribution in [3.8, 4) is 0 Å². The lowest BCUT2D eigenvalue weighted by molar-refractivity contribution is 0.249. The van der Waals surface area contributed by atoms with Crippen molar-refractivity contribution in [2.24, 2.45) is 10.8 Å². The molecule has 0 fully saturated rings. The van der Waals surface area contributed by atoms with Gasteiger partial charge in [-0.15, -0.1) is 0 Å². The monoisotopic (exact) mass is 197 g/mol. The van der Waals surface area contributed by atoms with E-state index < -0.39 is 6.03 Å². The van der Waals surface area contributed by atoms with Crippen molar-refractivity contribution in [1.82, 2.24) is 5.43 Å². The zero-order chi connectivity index (χ0) is 9.68. The molecule has 68 valence electrons. The Morgan fingerprint density at radius 3 is 2.62 bits per heavy atom. The number of nitrogens with zero attached hydrogens (tertiary/aromatic N) is 1. The maximum atomic E-state index is 10.2. The summed E-state index contributed by atoms with van der Waals surface area (Å²) < 4.78 is 0. The Morgan fingerprint density at radius 2 is 2.08 bits per heavy atom. The Kier molecular flexibility index (Phi) is 3.28. The van der Waals surface area contributed by atoms with Crippen LogP contribution < -0.4 is 11.2 Å². The minimum absolute atomic E-state index is 0.653. The van der Waals surface area contributed by atoms with Gasteiger partial charge in [0.05, 0.1) is 6.21 Å². The molecule has 0 bridgehead atoms. The van der Waals surface area contributed by atoms with E-state index in [4.69, 9.17) is 17.3 Å². The van der Waals surface area contributed by atoms with Gasteiger partial charge in [-0.05, 0) is 17.7 Å². The minimum Gasteiger partial charge on any atom is -0.350 e. The third kappa shape index (κ3) is 3.57. The lowest BCUT2D eigenvalue weighted by atomic mass is 10.2. The fourth-order valence-corrected chi connectivity index (χ4v) is 0.845. The first-order valence-electron chi connectivity index (χ1n) is 3.52. The van der Waals surface area contributed by atoms with Gasteiger partial charge in [0.2, 0.25) is 0 Å². The largest absolute Gasteiger partial charge is 0.350 e. The molecule has 5 heteroatoms. The molecular formula is C8H8ClN3O. The quantitative estimate of drug-likeness (QED) is 0.545. The molecule has 13 heavy (non-hydrogen) atoms. The Labute approximate surface area is 80.4 Å². The molecule has 4 nitrogen and oxygen atoms in total. The summed E-state index contributed by atoms with van der Waals surface area (Å²) in [5.74, 6) is 0. The first-order valence-corrected chi connectivity index (χ1v) is 3.90. The third-order valence-corrected chi connectivity index (χ3v) is 1.51. The summed E-state index contributed by atoms with van der Waals surface area (Å²) in [7, 11) is 0. The van der Waals surface area contributed by atoms with E-state index in [0.717, 1.165) is 5.56 Å². The Bertz CT molecular complexity index is 321. The van der Waals surface area contributed by atoms with E-state index in [1.807, 2.05) is 0 Å². The van der Waals surface area contributed by atoms with E-state index in [1.54, 1.807) is 24.3 Å². The van der Waals surface area contributed by atoms with Gasteiger partial charge < -0.3 is 5.73 Å². The number of benzene rings is 1. The summed E-state index contributed by atoms with van der Waals surface area (Å²) in [6, 6.07) is 6.31. The van der Waals surface area contributed by atoms with Crippen LogP contribution in [-0.2, 0) is 0 Å². The zero-order valence-corrected chi connectivity index (χ0v) is 7.45. The van der Waals surface area contributed by atoms with Crippen LogP contribution in [-0.4, -0.2) is 12.2 Å².